The molecule has 2 N–H and O–H groups in total. The SMILES string of the molecule is CCCCCCCCCCCCCCCC[n+]1ccc(-c2cc[n+](CCCN)cc2)cc1. The average Bonchev–Trinajstić information content (AvgIpc) is 2.84. The lowest BCUT2D eigenvalue weighted by atomic mass is 10.0. The van der Waals surface area contributed by atoms with Crippen LogP contribution in [0.5, 0.6) is 0 Å². The molecule has 2 heterocycles. The van der Waals surface area contributed by atoms with Gasteiger partial charge in [0.1, 0.15) is 13.1 Å². The molecule has 0 aliphatic carbocycles. The van der Waals surface area contributed by atoms with Gasteiger partial charge in [-0.15, -0.1) is 0 Å². The van der Waals surface area contributed by atoms with Gasteiger partial charge in [0.25, 0.3) is 0 Å². The maximum Gasteiger partial charge on any atom is 0.169 e. The van der Waals surface area contributed by atoms with Gasteiger partial charge in [0.15, 0.2) is 24.8 Å². The van der Waals surface area contributed by atoms with Crippen molar-refractivity contribution in [3.05, 3.63) is 49.1 Å². The molecule has 0 saturated heterocycles. The Morgan fingerprint density at radius 2 is 0.844 bits per heavy atom. The van der Waals surface area contributed by atoms with Gasteiger partial charge < -0.3 is 5.73 Å². The first-order valence-corrected chi connectivity index (χ1v) is 13.5. The second kappa shape index (κ2) is 17.8. The van der Waals surface area contributed by atoms with E-state index in [-0.39, 0.29) is 0 Å². The lowest BCUT2D eigenvalue weighted by molar-refractivity contribution is -0.697. The Hall–Kier alpha value is -1.74. The number of aromatic nitrogens is 2. The predicted molar refractivity (Wildman–Crippen MR) is 136 cm³/mol. The number of hydrogen-bond donors (Lipinski definition) is 1. The van der Waals surface area contributed by atoms with E-state index in [0.29, 0.717) is 0 Å². The van der Waals surface area contributed by atoms with E-state index in [2.05, 4.69) is 65.1 Å². The minimum absolute atomic E-state index is 0.743. The first kappa shape index (κ1) is 26.5. The quantitative estimate of drug-likeness (QED) is 0.190. The van der Waals surface area contributed by atoms with Crippen LogP contribution in [0.2, 0.25) is 0 Å². The highest BCUT2D eigenvalue weighted by atomic mass is 14.9. The summed E-state index contributed by atoms with van der Waals surface area (Å²) >= 11 is 0. The summed E-state index contributed by atoms with van der Waals surface area (Å²) in [6.07, 6.45) is 29.6. The number of rotatable bonds is 19. The van der Waals surface area contributed by atoms with Gasteiger partial charge >= 0.3 is 0 Å². The Kier molecular flexibility index (Phi) is 14.7. The van der Waals surface area contributed by atoms with Gasteiger partial charge in [-0.3, -0.25) is 0 Å². The highest BCUT2D eigenvalue weighted by molar-refractivity contribution is 5.60. The lowest BCUT2D eigenvalue weighted by Gasteiger charge is -2.03. The molecule has 32 heavy (non-hydrogen) atoms. The fourth-order valence-corrected chi connectivity index (χ4v) is 4.36. The minimum atomic E-state index is 0.743. The van der Waals surface area contributed by atoms with Crippen molar-refractivity contribution in [2.45, 2.75) is 116 Å². The van der Waals surface area contributed by atoms with Gasteiger partial charge in [-0.2, -0.15) is 0 Å². The minimum Gasteiger partial charge on any atom is -0.330 e. The Labute approximate surface area is 198 Å². The highest BCUT2D eigenvalue weighted by Crippen LogP contribution is 2.16. The summed E-state index contributed by atoms with van der Waals surface area (Å²) in [4.78, 5) is 0. The van der Waals surface area contributed by atoms with Crippen LogP contribution in [0.1, 0.15) is 103 Å². The van der Waals surface area contributed by atoms with E-state index in [0.717, 1.165) is 26.1 Å². The number of aryl methyl sites for hydroxylation is 2. The zero-order valence-electron chi connectivity index (χ0n) is 20.8. The molecule has 178 valence electrons. The molecule has 3 heteroatoms. The van der Waals surface area contributed by atoms with E-state index >= 15 is 0 Å². The molecule has 0 fully saturated rings. The molecule has 0 aliphatic heterocycles. The zero-order valence-corrected chi connectivity index (χ0v) is 20.8. The van der Waals surface area contributed by atoms with Crippen molar-refractivity contribution in [2.75, 3.05) is 6.54 Å². The summed E-state index contributed by atoms with van der Waals surface area (Å²) in [6.45, 7) is 5.16. The standard InChI is InChI=1S/C29H49N3/c1-2-3-4-5-6-7-8-9-10-11-12-13-14-15-22-31-24-17-28(18-25-31)29-19-26-32(27-20-29)23-16-21-30/h17-20,24-27H,2-16,21-23,30H2,1H3/q+2. The van der Waals surface area contributed by atoms with Crippen molar-refractivity contribution in [3.8, 4) is 11.1 Å². The molecule has 0 aliphatic rings. The van der Waals surface area contributed by atoms with E-state index in [1.807, 2.05) is 0 Å². The van der Waals surface area contributed by atoms with E-state index < -0.39 is 0 Å². The Balaban J connectivity index is 1.49. The van der Waals surface area contributed by atoms with Gasteiger partial charge in [-0.25, -0.2) is 9.13 Å². The highest BCUT2D eigenvalue weighted by Gasteiger charge is 2.05. The molecular weight excluding hydrogens is 390 g/mol. The van der Waals surface area contributed by atoms with Crippen LogP contribution in [-0.2, 0) is 13.1 Å². The molecule has 0 aromatic carbocycles. The summed E-state index contributed by atoms with van der Waals surface area (Å²) in [5, 5.41) is 0. The molecule has 0 unspecified atom stereocenters. The van der Waals surface area contributed by atoms with E-state index in [1.54, 1.807) is 0 Å². The predicted octanol–water partition coefficient (Wildman–Crippen LogP) is 6.76. The summed E-state index contributed by atoms with van der Waals surface area (Å²) in [5.74, 6) is 0. The van der Waals surface area contributed by atoms with Crippen LogP contribution in [0.4, 0.5) is 0 Å². The summed E-state index contributed by atoms with van der Waals surface area (Å²) < 4.78 is 4.53. The number of hydrogen-bond acceptors (Lipinski definition) is 1. The van der Waals surface area contributed by atoms with Crippen LogP contribution in [-0.4, -0.2) is 6.54 Å². The third-order valence-corrected chi connectivity index (χ3v) is 6.51. The van der Waals surface area contributed by atoms with Crippen LogP contribution in [0.25, 0.3) is 11.1 Å². The van der Waals surface area contributed by atoms with Gasteiger partial charge in [-0.05, 0) is 24.1 Å². The largest absolute Gasteiger partial charge is 0.330 e. The average molecular weight is 440 g/mol. The maximum atomic E-state index is 5.60. The first-order valence-electron chi connectivity index (χ1n) is 13.5. The van der Waals surface area contributed by atoms with Gasteiger partial charge in [0.2, 0.25) is 0 Å². The van der Waals surface area contributed by atoms with Crippen molar-refractivity contribution >= 4 is 0 Å². The van der Waals surface area contributed by atoms with Crippen LogP contribution < -0.4 is 14.9 Å². The van der Waals surface area contributed by atoms with E-state index in [1.165, 1.54) is 101 Å². The van der Waals surface area contributed by atoms with Crippen LogP contribution >= 0.6 is 0 Å². The summed E-state index contributed by atoms with van der Waals surface area (Å²) in [6, 6.07) is 8.88. The van der Waals surface area contributed by atoms with E-state index in [9.17, 15) is 0 Å². The molecule has 0 saturated carbocycles. The number of unbranched alkanes of at least 4 members (excludes halogenated alkanes) is 13. The molecule has 3 nitrogen and oxygen atoms in total. The molecule has 0 amide bonds. The van der Waals surface area contributed by atoms with E-state index in [4.69, 9.17) is 5.73 Å². The smallest absolute Gasteiger partial charge is 0.169 e. The van der Waals surface area contributed by atoms with Crippen molar-refractivity contribution in [3.63, 3.8) is 0 Å². The first-order chi connectivity index (χ1) is 15.8. The van der Waals surface area contributed by atoms with Crippen LogP contribution in [0.3, 0.4) is 0 Å². The third kappa shape index (κ3) is 11.8. The van der Waals surface area contributed by atoms with Crippen molar-refractivity contribution in [1.29, 1.82) is 0 Å². The molecule has 0 bridgehead atoms. The number of nitrogens with zero attached hydrogens (tertiary/aromatic N) is 2. The fraction of sp³-hybridized carbons (Fsp3) is 0.655. The van der Waals surface area contributed by atoms with Gasteiger partial charge in [0, 0.05) is 37.1 Å². The zero-order chi connectivity index (χ0) is 22.7. The normalized spacial score (nSPS) is 11.2. The molecule has 2 rings (SSSR count). The Bertz CT molecular complexity index is 679. The maximum absolute atomic E-state index is 5.60. The third-order valence-electron chi connectivity index (χ3n) is 6.51. The molecule has 0 atom stereocenters. The van der Waals surface area contributed by atoms with Crippen molar-refractivity contribution in [1.82, 2.24) is 0 Å². The van der Waals surface area contributed by atoms with Crippen LogP contribution in [0, 0.1) is 0 Å². The fourth-order valence-electron chi connectivity index (χ4n) is 4.36. The van der Waals surface area contributed by atoms with Gasteiger partial charge in [0.05, 0.1) is 0 Å². The summed E-state index contributed by atoms with van der Waals surface area (Å²) in [5.41, 5.74) is 8.16. The monoisotopic (exact) mass is 439 g/mol. The molecule has 2 aromatic heterocycles. The van der Waals surface area contributed by atoms with Gasteiger partial charge in [-0.1, -0.05) is 84.0 Å². The number of pyridine rings is 2. The Morgan fingerprint density at radius 3 is 1.22 bits per heavy atom. The van der Waals surface area contributed by atoms with Crippen LogP contribution in [0.15, 0.2) is 49.1 Å². The lowest BCUT2D eigenvalue weighted by Crippen LogP contribution is -2.33. The summed E-state index contributed by atoms with van der Waals surface area (Å²) in [7, 11) is 0. The Morgan fingerprint density at radius 1 is 0.500 bits per heavy atom. The van der Waals surface area contributed by atoms with Crippen molar-refractivity contribution in [2.24, 2.45) is 5.73 Å². The van der Waals surface area contributed by atoms with Crippen molar-refractivity contribution < 1.29 is 9.13 Å². The molecular formula is C29H49N3+2. The topological polar surface area (TPSA) is 33.8 Å². The number of nitrogens with two attached hydrogens (primary N) is 1. The molecule has 2 aromatic rings. The second-order valence-corrected chi connectivity index (χ2v) is 9.39. The molecule has 0 spiro atoms. The molecule has 0 radical (unpaired) electrons. The second-order valence-electron chi connectivity index (χ2n) is 9.39.